The molecule has 2 atom stereocenters. The van der Waals surface area contributed by atoms with Gasteiger partial charge < -0.3 is 9.80 Å². The summed E-state index contributed by atoms with van der Waals surface area (Å²) in [5.74, 6) is 0.151. The van der Waals surface area contributed by atoms with Gasteiger partial charge in [-0.1, -0.05) is 36.4 Å². The van der Waals surface area contributed by atoms with Crippen molar-refractivity contribution >= 4 is 11.8 Å². The molecule has 2 heterocycles. The number of piperazine rings is 1. The van der Waals surface area contributed by atoms with Gasteiger partial charge >= 0.3 is 0 Å². The third-order valence-corrected chi connectivity index (χ3v) is 5.74. The smallest absolute Gasteiger partial charge is 0.123 e. The Bertz CT molecular complexity index is 922. The van der Waals surface area contributed by atoms with Gasteiger partial charge in [0.05, 0.1) is 0 Å². The van der Waals surface area contributed by atoms with E-state index in [9.17, 15) is 4.39 Å². The van der Waals surface area contributed by atoms with Crippen molar-refractivity contribution in [3.63, 3.8) is 0 Å². The second kappa shape index (κ2) is 5.18. The minimum atomic E-state index is -0.146. The van der Waals surface area contributed by atoms with E-state index < -0.39 is 0 Å². The standard InChI is InChI=1S/C21H21FN2/c1-23-8-9-24-17(13-23)12-20-18-5-3-2-4-14(18)10-15-6-7-16(22)11-19(15)21(20)24/h2-7,10-11,14,17H,8-9,12-13H2,1H3/t14?,17-/m1/s1. The number of nitrogens with zero attached hydrogens (tertiary/aromatic N) is 2. The zero-order valence-corrected chi connectivity index (χ0v) is 13.9. The van der Waals surface area contributed by atoms with Gasteiger partial charge in [0, 0.05) is 42.5 Å². The topological polar surface area (TPSA) is 6.48 Å². The van der Waals surface area contributed by atoms with Gasteiger partial charge in [-0.3, -0.25) is 0 Å². The highest BCUT2D eigenvalue weighted by Crippen LogP contribution is 2.40. The number of allylic oxidation sites excluding steroid dienone is 5. The van der Waals surface area contributed by atoms with Crippen LogP contribution in [0.25, 0.3) is 11.8 Å². The molecule has 1 aromatic carbocycles. The second-order valence-electron chi connectivity index (χ2n) is 7.26. The quantitative estimate of drug-likeness (QED) is 0.719. The van der Waals surface area contributed by atoms with Crippen LogP contribution in [0.1, 0.15) is 6.42 Å². The molecule has 122 valence electrons. The van der Waals surface area contributed by atoms with Gasteiger partial charge in [0.25, 0.3) is 0 Å². The highest BCUT2D eigenvalue weighted by Gasteiger charge is 2.38. The number of likely N-dealkylation sites (N-methyl/N-ethyl adjacent to an activating group) is 1. The molecular weight excluding hydrogens is 299 g/mol. The molecule has 4 aliphatic rings. The first-order valence-corrected chi connectivity index (χ1v) is 8.76. The molecule has 5 rings (SSSR count). The fraction of sp³-hybridized carbons (Fsp3) is 0.333. The van der Waals surface area contributed by atoms with Crippen LogP contribution in [-0.2, 0) is 0 Å². The average Bonchev–Trinajstić information content (AvgIpc) is 2.88. The van der Waals surface area contributed by atoms with E-state index in [1.54, 1.807) is 12.1 Å². The summed E-state index contributed by atoms with van der Waals surface area (Å²) in [5, 5.41) is 2.23. The molecule has 2 saturated heterocycles. The summed E-state index contributed by atoms with van der Waals surface area (Å²) in [6.07, 6.45) is 12.1. The summed E-state index contributed by atoms with van der Waals surface area (Å²) in [7, 11) is 2.20. The molecule has 2 aliphatic heterocycles. The summed E-state index contributed by atoms with van der Waals surface area (Å²) in [6, 6.07) is 5.76. The minimum absolute atomic E-state index is 0.146. The molecule has 0 N–H and O–H groups in total. The Morgan fingerprint density at radius 2 is 2.08 bits per heavy atom. The third kappa shape index (κ3) is 2.04. The Labute approximate surface area is 141 Å². The summed E-state index contributed by atoms with van der Waals surface area (Å²) >= 11 is 0. The minimum Gasteiger partial charge on any atom is -0.365 e. The zero-order valence-electron chi connectivity index (χ0n) is 13.9. The molecule has 2 nitrogen and oxygen atoms in total. The van der Waals surface area contributed by atoms with Crippen molar-refractivity contribution < 1.29 is 4.39 Å². The van der Waals surface area contributed by atoms with Gasteiger partial charge in [0.2, 0.25) is 0 Å². The molecule has 0 aromatic heterocycles. The Balaban J connectivity index is 1.83. The molecule has 0 saturated carbocycles. The van der Waals surface area contributed by atoms with Crippen LogP contribution < -0.4 is 10.4 Å². The third-order valence-electron chi connectivity index (χ3n) is 5.74. The summed E-state index contributed by atoms with van der Waals surface area (Å²) in [5.41, 5.74) is 4.08. The van der Waals surface area contributed by atoms with Gasteiger partial charge in [-0.25, -0.2) is 4.39 Å². The van der Waals surface area contributed by atoms with Crippen LogP contribution in [0.5, 0.6) is 0 Å². The first-order chi connectivity index (χ1) is 11.7. The maximum absolute atomic E-state index is 14.0. The number of benzene rings is 1. The number of hydrogen-bond acceptors (Lipinski definition) is 2. The van der Waals surface area contributed by atoms with E-state index in [1.807, 2.05) is 6.07 Å². The number of halogens is 1. The molecule has 0 amide bonds. The molecule has 24 heavy (non-hydrogen) atoms. The van der Waals surface area contributed by atoms with Crippen LogP contribution in [0.15, 0.2) is 53.6 Å². The largest absolute Gasteiger partial charge is 0.365 e. The van der Waals surface area contributed by atoms with E-state index in [0.29, 0.717) is 12.0 Å². The van der Waals surface area contributed by atoms with Crippen molar-refractivity contribution in [2.45, 2.75) is 12.5 Å². The molecule has 0 radical (unpaired) electrons. The lowest BCUT2D eigenvalue weighted by molar-refractivity contribution is 0.157. The van der Waals surface area contributed by atoms with Crippen LogP contribution in [0, 0.1) is 11.7 Å². The number of fused-ring (bicyclic) bond motifs is 5. The summed E-state index contributed by atoms with van der Waals surface area (Å²) in [6.45, 7) is 3.17. The fourth-order valence-electron chi connectivity index (χ4n) is 4.63. The van der Waals surface area contributed by atoms with E-state index >= 15 is 0 Å². The Kier molecular flexibility index (Phi) is 3.07. The van der Waals surface area contributed by atoms with Gasteiger partial charge in [0.1, 0.15) is 5.82 Å². The van der Waals surface area contributed by atoms with Crippen LogP contribution in [-0.4, -0.2) is 42.5 Å². The molecule has 2 aliphatic carbocycles. The van der Waals surface area contributed by atoms with Crippen molar-refractivity contribution in [2.24, 2.45) is 5.92 Å². The van der Waals surface area contributed by atoms with E-state index in [1.165, 1.54) is 16.8 Å². The Morgan fingerprint density at radius 3 is 3.00 bits per heavy atom. The molecule has 3 heteroatoms. The lowest BCUT2D eigenvalue weighted by Crippen LogP contribution is -2.49. The number of rotatable bonds is 0. The van der Waals surface area contributed by atoms with Crippen LogP contribution in [0.3, 0.4) is 0 Å². The summed E-state index contributed by atoms with van der Waals surface area (Å²) < 4.78 is 14.0. The van der Waals surface area contributed by atoms with Gasteiger partial charge in [-0.2, -0.15) is 0 Å². The summed E-state index contributed by atoms with van der Waals surface area (Å²) in [4.78, 5) is 4.94. The van der Waals surface area contributed by atoms with Crippen molar-refractivity contribution in [2.75, 3.05) is 26.7 Å². The Hall–Kier alpha value is -2.13. The van der Waals surface area contributed by atoms with Gasteiger partial charge in [0.15, 0.2) is 0 Å². The average molecular weight is 320 g/mol. The zero-order chi connectivity index (χ0) is 16.3. The normalized spacial score (nSPS) is 28.1. The monoisotopic (exact) mass is 320 g/mol. The first-order valence-electron chi connectivity index (χ1n) is 8.76. The van der Waals surface area contributed by atoms with E-state index in [4.69, 9.17) is 0 Å². The van der Waals surface area contributed by atoms with Crippen molar-refractivity contribution in [1.29, 1.82) is 0 Å². The predicted octanol–water partition coefficient (Wildman–Crippen LogP) is 1.79. The highest BCUT2D eigenvalue weighted by atomic mass is 19.1. The molecule has 1 unspecified atom stereocenters. The molecular formula is C21H21FN2. The lowest BCUT2D eigenvalue weighted by Gasteiger charge is -2.37. The van der Waals surface area contributed by atoms with Crippen LogP contribution >= 0.6 is 0 Å². The first kappa shape index (κ1) is 14.2. The van der Waals surface area contributed by atoms with Crippen LogP contribution in [0.4, 0.5) is 4.39 Å². The van der Waals surface area contributed by atoms with Gasteiger partial charge in [-0.05, 0) is 42.0 Å². The lowest BCUT2D eigenvalue weighted by atomic mass is 9.89. The van der Waals surface area contributed by atoms with E-state index in [-0.39, 0.29) is 5.82 Å². The molecule has 2 fully saturated rings. The molecule has 1 aromatic rings. The predicted molar refractivity (Wildman–Crippen MR) is 94.9 cm³/mol. The van der Waals surface area contributed by atoms with E-state index in [0.717, 1.165) is 36.5 Å². The molecule has 0 bridgehead atoms. The fourth-order valence-corrected chi connectivity index (χ4v) is 4.63. The highest BCUT2D eigenvalue weighted by molar-refractivity contribution is 5.73. The van der Waals surface area contributed by atoms with Crippen molar-refractivity contribution in [3.8, 4) is 0 Å². The van der Waals surface area contributed by atoms with Crippen molar-refractivity contribution in [3.05, 3.63) is 69.9 Å². The van der Waals surface area contributed by atoms with Crippen LogP contribution in [0.2, 0.25) is 0 Å². The maximum atomic E-state index is 14.0. The van der Waals surface area contributed by atoms with E-state index in [2.05, 4.69) is 47.2 Å². The molecule has 0 spiro atoms. The Morgan fingerprint density at radius 1 is 1.17 bits per heavy atom. The number of hydrogen-bond donors (Lipinski definition) is 0. The maximum Gasteiger partial charge on any atom is 0.123 e. The van der Waals surface area contributed by atoms with Crippen molar-refractivity contribution in [1.82, 2.24) is 9.80 Å². The van der Waals surface area contributed by atoms with Gasteiger partial charge in [-0.15, -0.1) is 0 Å². The second-order valence-corrected chi connectivity index (χ2v) is 7.26. The SMILES string of the molecule is CN1CCN2C3=c4cc(F)ccc4=CC4C=CC=CC4=C3C[C@@H]2C1.